The first-order chi connectivity index (χ1) is 6.63. The van der Waals surface area contributed by atoms with Gasteiger partial charge in [-0.3, -0.25) is 10.0 Å². The van der Waals surface area contributed by atoms with Crippen molar-refractivity contribution in [3.63, 3.8) is 0 Å². The molecule has 5 heteroatoms. The number of hydroxylamine groups is 1. The number of amides is 1. The normalized spacial score (nSPS) is 10.4. The van der Waals surface area contributed by atoms with Crippen LogP contribution in [0.2, 0.25) is 0 Å². The molecule has 0 spiro atoms. The topological polar surface area (TPSA) is 101 Å². The molecule has 0 atom stereocenters. The van der Waals surface area contributed by atoms with Crippen molar-refractivity contribution < 1.29 is 10.0 Å². The van der Waals surface area contributed by atoms with Gasteiger partial charge in [0.05, 0.1) is 11.4 Å². The number of carbonyl (C=O) groups is 1. The number of nitrogens with two attached hydrogens (primary N) is 2. The molecule has 0 saturated carbocycles. The minimum Gasteiger partial charge on any atom is -0.397 e. The molecule has 74 valence electrons. The van der Waals surface area contributed by atoms with Gasteiger partial charge in [0.25, 0.3) is 5.91 Å². The Kier molecular flexibility index (Phi) is 3.09. The standard InChI is InChI=1S/C9H11N3O2/c10-7-3-1-6(5-8(7)11)2-4-9(13)12-14/h1-5,14H,10-11H2,(H,12,13)/b4-2+. The van der Waals surface area contributed by atoms with Crippen molar-refractivity contribution in [3.05, 3.63) is 29.8 Å². The largest absolute Gasteiger partial charge is 0.397 e. The highest BCUT2D eigenvalue weighted by atomic mass is 16.5. The average Bonchev–Trinajstić information content (AvgIpc) is 2.19. The summed E-state index contributed by atoms with van der Waals surface area (Å²) < 4.78 is 0. The van der Waals surface area contributed by atoms with E-state index in [4.69, 9.17) is 16.7 Å². The van der Waals surface area contributed by atoms with Gasteiger partial charge in [-0.2, -0.15) is 0 Å². The monoisotopic (exact) mass is 193 g/mol. The number of carbonyl (C=O) groups excluding carboxylic acids is 1. The second kappa shape index (κ2) is 4.29. The highest BCUT2D eigenvalue weighted by Crippen LogP contribution is 2.16. The molecule has 0 radical (unpaired) electrons. The molecule has 14 heavy (non-hydrogen) atoms. The molecule has 6 N–H and O–H groups in total. The second-order valence-electron chi connectivity index (χ2n) is 2.70. The van der Waals surface area contributed by atoms with Gasteiger partial charge in [0.2, 0.25) is 0 Å². The molecule has 0 heterocycles. The number of rotatable bonds is 2. The van der Waals surface area contributed by atoms with Crippen LogP contribution >= 0.6 is 0 Å². The van der Waals surface area contributed by atoms with Crippen molar-refractivity contribution in [1.29, 1.82) is 0 Å². The number of benzene rings is 1. The van der Waals surface area contributed by atoms with Crippen molar-refractivity contribution in [2.24, 2.45) is 0 Å². The first kappa shape index (κ1) is 10.1. The Morgan fingerprint density at radius 1 is 1.36 bits per heavy atom. The maximum Gasteiger partial charge on any atom is 0.267 e. The number of hydrogen-bond donors (Lipinski definition) is 4. The molecular formula is C9H11N3O2. The van der Waals surface area contributed by atoms with Gasteiger partial charge >= 0.3 is 0 Å². The number of hydrogen-bond acceptors (Lipinski definition) is 4. The van der Waals surface area contributed by atoms with Gasteiger partial charge in [0.1, 0.15) is 0 Å². The smallest absolute Gasteiger partial charge is 0.267 e. The van der Waals surface area contributed by atoms with E-state index in [9.17, 15) is 4.79 Å². The zero-order valence-corrected chi connectivity index (χ0v) is 7.40. The summed E-state index contributed by atoms with van der Waals surface area (Å²) in [7, 11) is 0. The van der Waals surface area contributed by atoms with Crippen molar-refractivity contribution >= 4 is 23.4 Å². The summed E-state index contributed by atoms with van der Waals surface area (Å²) in [4.78, 5) is 10.6. The first-order valence-electron chi connectivity index (χ1n) is 3.90. The molecule has 1 aromatic rings. The molecule has 0 aliphatic rings. The van der Waals surface area contributed by atoms with Gasteiger partial charge < -0.3 is 11.5 Å². The second-order valence-corrected chi connectivity index (χ2v) is 2.70. The van der Waals surface area contributed by atoms with E-state index < -0.39 is 5.91 Å². The van der Waals surface area contributed by atoms with Crippen molar-refractivity contribution in [2.75, 3.05) is 11.5 Å². The fourth-order valence-corrected chi connectivity index (χ4v) is 0.906. The minimum absolute atomic E-state index is 0.455. The van der Waals surface area contributed by atoms with E-state index in [0.717, 1.165) is 5.56 Å². The van der Waals surface area contributed by atoms with E-state index in [1.54, 1.807) is 18.2 Å². The summed E-state index contributed by atoms with van der Waals surface area (Å²) in [5, 5.41) is 8.22. The van der Waals surface area contributed by atoms with E-state index in [-0.39, 0.29) is 0 Å². The van der Waals surface area contributed by atoms with Crippen LogP contribution in [0.15, 0.2) is 24.3 Å². The fraction of sp³-hybridized carbons (Fsp3) is 0. The van der Waals surface area contributed by atoms with Gasteiger partial charge in [0.15, 0.2) is 0 Å². The van der Waals surface area contributed by atoms with Gasteiger partial charge in [-0.1, -0.05) is 6.07 Å². The third kappa shape index (κ3) is 2.49. The Bertz CT molecular complexity index is 374. The van der Waals surface area contributed by atoms with Crippen molar-refractivity contribution in [1.82, 2.24) is 5.48 Å². The van der Waals surface area contributed by atoms with Gasteiger partial charge in [-0.15, -0.1) is 0 Å². The van der Waals surface area contributed by atoms with Gasteiger partial charge in [-0.25, -0.2) is 5.48 Å². The Hall–Kier alpha value is -2.01. The van der Waals surface area contributed by atoms with Crippen LogP contribution in [0, 0.1) is 0 Å². The highest BCUT2D eigenvalue weighted by molar-refractivity contribution is 5.91. The van der Waals surface area contributed by atoms with E-state index in [2.05, 4.69) is 0 Å². The molecule has 0 aliphatic carbocycles. The molecule has 0 unspecified atom stereocenters. The molecular weight excluding hydrogens is 182 g/mol. The van der Waals surface area contributed by atoms with Gasteiger partial charge in [-0.05, 0) is 23.8 Å². The molecule has 0 aliphatic heterocycles. The quantitative estimate of drug-likeness (QED) is 0.236. The summed E-state index contributed by atoms with van der Waals surface area (Å²) in [6.45, 7) is 0. The Balaban J connectivity index is 2.83. The van der Waals surface area contributed by atoms with Crippen LogP contribution in [0.1, 0.15) is 5.56 Å². The van der Waals surface area contributed by atoms with E-state index in [1.807, 2.05) is 0 Å². The summed E-state index contributed by atoms with van der Waals surface area (Å²) in [5.41, 5.74) is 14.2. The van der Waals surface area contributed by atoms with Crippen LogP contribution in [-0.2, 0) is 4.79 Å². The van der Waals surface area contributed by atoms with Crippen LogP contribution in [0.4, 0.5) is 11.4 Å². The molecule has 0 bridgehead atoms. The summed E-state index contributed by atoms with van der Waals surface area (Å²) in [6.07, 6.45) is 2.70. The number of nitrogen functional groups attached to an aromatic ring is 2. The lowest BCUT2D eigenvalue weighted by Crippen LogP contribution is -2.14. The SMILES string of the molecule is Nc1ccc(/C=C/C(=O)NO)cc1N. The maximum atomic E-state index is 10.6. The van der Waals surface area contributed by atoms with Crippen LogP contribution in [0.5, 0.6) is 0 Å². The Labute approximate surface area is 81.0 Å². The predicted molar refractivity (Wildman–Crippen MR) is 54.2 cm³/mol. The zero-order chi connectivity index (χ0) is 10.6. The van der Waals surface area contributed by atoms with Gasteiger partial charge in [0, 0.05) is 6.08 Å². The zero-order valence-electron chi connectivity index (χ0n) is 7.40. The van der Waals surface area contributed by atoms with Crippen LogP contribution in [0.3, 0.4) is 0 Å². The minimum atomic E-state index is -0.597. The predicted octanol–water partition coefficient (Wildman–Crippen LogP) is 0.370. The fourth-order valence-electron chi connectivity index (χ4n) is 0.906. The maximum absolute atomic E-state index is 10.6. The molecule has 1 rings (SSSR count). The summed E-state index contributed by atoms with van der Waals surface area (Å²) in [6, 6.07) is 5.00. The lowest BCUT2D eigenvalue weighted by atomic mass is 10.1. The molecule has 0 saturated heterocycles. The van der Waals surface area contributed by atoms with Crippen LogP contribution < -0.4 is 16.9 Å². The van der Waals surface area contributed by atoms with E-state index >= 15 is 0 Å². The molecule has 1 amide bonds. The van der Waals surface area contributed by atoms with Crippen molar-refractivity contribution in [3.8, 4) is 0 Å². The number of anilines is 2. The summed E-state index contributed by atoms with van der Waals surface area (Å²) >= 11 is 0. The Morgan fingerprint density at radius 2 is 2.07 bits per heavy atom. The average molecular weight is 193 g/mol. The van der Waals surface area contributed by atoms with Crippen LogP contribution in [-0.4, -0.2) is 11.1 Å². The lowest BCUT2D eigenvalue weighted by molar-refractivity contribution is -0.124. The van der Waals surface area contributed by atoms with E-state index in [0.29, 0.717) is 11.4 Å². The van der Waals surface area contributed by atoms with E-state index in [1.165, 1.54) is 17.6 Å². The molecule has 1 aromatic carbocycles. The third-order valence-corrected chi connectivity index (χ3v) is 1.65. The highest BCUT2D eigenvalue weighted by Gasteiger charge is 1.95. The first-order valence-corrected chi connectivity index (χ1v) is 3.90. The Morgan fingerprint density at radius 3 is 2.64 bits per heavy atom. The summed E-state index contributed by atoms with van der Waals surface area (Å²) in [5.74, 6) is -0.597. The third-order valence-electron chi connectivity index (χ3n) is 1.65. The lowest BCUT2D eigenvalue weighted by Gasteiger charge is -2.00. The van der Waals surface area contributed by atoms with Crippen LogP contribution in [0.25, 0.3) is 6.08 Å². The van der Waals surface area contributed by atoms with Crippen molar-refractivity contribution in [2.45, 2.75) is 0 Å². The number of nitrogens with one attached hydrogen (secondary N) is 1. The molecule has 0 fully saturated rings. The molecule has 0 aromatic heterocycles. The molecule has 5 nitrogen and oxygen atoms in total.